The first-order valence-electron chi connectivity index (χ1n) is 14.7. The topological polar surface area (TPSA) is 286 Å². The first-order valence-corrected chi connectivity index (χ1v) is 14.7. The highest BCUT2D eigenvalue weighted by molar-refractivity contribution is 6.24. The van der Waals surface area contributed by atoms with E-state index in [4.69, 9.17) is 20.4 Å². The molecule has 1 unspecified atom stereocenters. The molecular weight excluding hydrogens is 610 g/mol. The van der Waals surface area contributed by atoms with Crippen molar-refractivity contribution in [3.05, 3.63) is 39.4 Å². The lowest BCUT2D eigenvalue weighted by Crippen LogP contribution is -2.53. The van der Waals surface area contributed by atoms with Crippen LogP contribution in [0.3, 0.4) is 0 Å². The number of hydrogen-bond acceptors (Lipinski definition) is 15. The molecule has 1 aromatic carbocycles. The van der Waals surface area contributed by atoms with Gasteiger partial charge in [-0.1, -0.05) is 13.8 Å². The molecule has 15 nitrogen and oxygen atoms in total. The second kappa shape index (κ2) is 16.8. The standard InChI is InChI=1S/C24H30O8.C7H17NO6/c1-6-8-14(25)16-19(28)11(3)18(27)12(20(16)29)10-13-21(30)17(15(26)9-7-2)23(32)24(4,5)22(13)31;1-8-7(14)6(13)5(12)4(11)3(10)2-9/h27-31H,6-10H2,1-5H3;3-14H,2H2,1H3/t;3-,4-,5+,6-,7?/m.1/s1. The number of phenols is 3. The van der Waals surface area contributed by atoms with Crippen molar-refractivity contribution in [2.24, 2.45) is 5.41 Å². The van der Waals surface area contributed by atoms with Gasteiger partial charge in [0.2, 0.25) is 0 Å². The highest BCUT2D eigenvalue weighted by Crippen LogP contribution is 2.46. The number of allylic oxidation sites excluding steroid dienone is 3. The Bertz CT molecular complexity index is 1330. The quantitative estimate of drug-likeness (QED) is 0.0723. The van der Waals surface area contributed by atoms with Gasteiger partial charge in [-0.05, 0) is 40.7 Å². The fourth-order valence-corrected chi connectivity index (χ4v) is 4.70. The average molecular weight is 658 g/mol. The molecule has 1 aromatic rings. The summed E-state index contributed by atoms with van der Waals surface area (Å²) in [6.07, 6.45) is -7.65. The zero-order chi connectivity index (χ0) is 35.8. The summed E-state index contributed by atoms with van der Waals surface area (Å²) in [5.41, 5.74) is -2.85. The van der Waals surface area contributed by atoms with Crippen molar-refractivity contribution in [1.82, 2.24) is 5.32 Å². The summed E-state index contributed by atoms with van der Waals surface area (Å²) >= 11 is 0. The van der Waals surface area contributed by atoms with Crippen LogP contribution in [0.5, 0.6) is 17.2 Å². The van der Waals surface area contributed by atoms with Crippen molar-refractivity contribution in [2.45, 2.75) is 97.4 Å². The second-order valence-corrected chi connectivity index (χ2v) is 11.5. The van der Waals surface area contributed by atoms with Crippen LogP contribution in [0.2, 0.25) is 0 Å². The summed E-state index contributed by atoms with van der Waals surface area (Å²) in [6.45, 7) is 6.89. The van der Waals surface area contributed by atoms with Gasteiger partial charge in [-0.15, -0.1) is 0 Å². The molecule has 12 N–H and O–H groups in total. The third-order valence-corrected chi connectivity index (χ3v) is 7.72. The Morgan fingerprint density at radius 1 is 0.804 bits per heavy atom. The summed E-state index contributed by atoms with van der Waals surface area (Å²) in [5.74, 6) is -4.87. The number of benzene rings is 1. The van der Waals surface area contributed by atoms with E-state index < -0.39 is 101 Å². The number of rotatable bonds is 14. The summed E-state index contributed by atoms with van der Waals surface area (Å²) < 4.78 is 0. The number of ketones is 3. The van der Waals surface area contributed by atoms with Crippen molar-refractivity contribution in [1.29, 1.82) is 0 Å². The SMILES string of the molecule is CCCC(=O)C1=C(O)C(Cc2c(O)c(C)c(O)c(C(=O)CCC)c2O)=C(O)C(C)(C)C1=O.CNC(O)[C@H](O)[C@@H](O)[C@H](O)[C@H](O)CO. The number of phenolic OH excluding ortho intramolecular Hbond substituents is 3. The van der Waals surface area contributed by atoms with E-state index in [0.717, 1.165) is 0 Å². The van der Waals surface area contributed by atoms with Crippen LogP contribution in [0.1, 0.15) is 74.9 Å². The van der Waals surface area contributed by atoms with E-state index in [1.165, 1.54) is 27.8 Å². The molecule has 0 heterocycles. The van der Waals surface area contributed by atoms with Crippen LogP contribution < -0.4 is 5.32 Å². The molecular formula is C31H47NO14. The first-order chi connectivity index (χ1) is 21.3. The van der Waals surface area contributed by atoms with Crippen LogP contribution in [0.15, 0.2) is 22.7 Å². The van der Waals surface area contributed by atoms with Crippen LogP contribution in [0, 0.1) is 12.3 Å². The lowest BCUT2D eigenvalue weighted by molar-refractivity contribution is -0.144. The smallest absolute Gasteiger partial charge is 0.183 e. The largest absolute Gasteiger partial charge is 0.511 e. The average Bonchev–Trinajstić information content (AvgIpc) is 3.01. The number of nitrogens with one attached hydrogen (secondary N) is 1. The van der Waals surface area contributed by atoms with Gasteiger partial charge in [-0.3, -0.25) is 19.7 Å². The van der Waals surface area contributed by atoms with Crippen molar-refractivity contribution >= 4 is 17.3 Å². The maximum atomic E-state index is 12.8. The predicted octanol–water partition coefficient (Wildman–Crippen LogP) is 0.200. The lowest BCUT2D eigenvalue weighted by atomic mass is 9.73. The lowest BCUT2D eigenvalue weighted by Gasteiger charge is -2.31. The molecule has 5 atom stereocenters. The van der Waals surface area contributed by atoms with Gasteiger partial charge < -0.3 is 56.2 Å². The minimum Gasteiger partial charge on any atom is -0.511 e. The van der Waals surface area contributed by atoms with Gasteiger partial charge in [-0.2, -0.15) is 0 Å². The van der Waals surface area contributed by atoms with Gasteiger partial charge in [0.05, 0.1) is 12.0 Å². The van der Waals surface area contributed by atoms with Gasteiger partial charge in [0.1, 0.15) is 70.5 Å². The highest BCUT2D eigenvalue weighted by atomic mass is 16.4. The number of aliphatic hydroxyl groups is 8. The summed E-state index contributed by atoms with van der Waals surface area (Å²) in [5, 5.41) is 109. The molecule has 0 amide bonds. The van der Waals surface area contributed by atoms with E-state index in [2.05, 4.69) is 5.32 Å². The van der Waals surface area contributed by atoms with E-state index in [1.807, 2.05) is 0 Å². The normalized spacial score (nSPS) is 18.0. The number of Topliss-reactive ketones (excluding diaryl/α,β-unsaturated/α-hetero) is 3. The number of aliphatic hydroxyl groups excluding tert-OH is 8. The maximum absolute atomic E-state index is 12.8. The molecule has 1 aliphatic carbocycles. The van der Waals surface area contributed by atoms with Crippen LogP contribution in [0.4, 0.5) is 0 Å². The Balaban J connectivity index is 0.000000636. The summed E-state index contributed by atoms with van der Waals surface area (Å²) in [7, 11) is 1.34. The Labute approximate surface area is 266 Å². The monoisotopic (exact) mass is 657 g/mol. The number of likely N-dealkylation sites (N-methyl/N-ethyl adjacent to an activating group) is 1. The fraction of sp³-hybridized carbons (Fsp3) is 0.581. The minimum atomic E-state index is -1.75. The van der Waals surface area contributed by atoms with Crippen LogP contribution in [-0.4, -0.2) is 118 Å². The molecule has 0 fully saturated rings. The molecule has 0 saturated carbocycles. The highest BCUT2D eigenvalue weighted by Gasteiger charge is 2.45. The molecule has 15 heteroatoms. The third-order valence-electron chi connectivity index (χ3n) is 7.72. The Morgan fingerprint density at radius 3 is 1.80 bits per heavy atom. The van der Waals surface area contributed by atoms with Crippen molar-refractivity contribution in [3.8, 4) is 17.2 Å². The minimum absolute atomic E-state index is 0.0136. The number of aromatic hydroxyl groups is 3. The van der Waals surface area contributed by atoms with E-state index in [1.54, 1.807) is 13.8 Å². The third kappa shape index (κ3) is 8.41. The van der Waals surface area contributed by atoms with Crippen LogP contribution >= 0.6 is 0 Å². The van der Waals surface area contributed by atoms with E-state index in [0.29, 0.717) is 12.8 Å². The number of carbonyl (C=O) groups excluding carboxylic acids is 3. The van der Waals surface area contributed by atoms with E-state index in [9.17, 15) is 50.1 Å². The van der Waals surface area contributed by atoms with Gasteiger partial charge in [0.25, 0.3) is 0 Å². The summed E-state index contributed by atoms with van der Waals surface area (Å²) in [6, 6.07) is 0. The van der Waals surface area contributed by atoms with E-state index in [-0.39, 0.29) is 35.1 Å². The zero-order valence-electron chi connectivity index (χ0n) is 26.8. The van der Waals surface area contributed by atoms with Crippen LogP contribution in [-0.2, 0) is 16.0 Å². The molecule has 0 spiro atoms. The Hall–Kier alpha value is -3.57. The van der Waals surface area contributed by atoms with Gasteiger partial charge in [0.15, 0.2) is 17.3 Å². The van der Waals surface area contributed by atoms with Crippen LogP contribution in [0.25, 0.3) is 0 Å². The van der Waals surface area contributed by atoms with Crippen molar-refractivity contribution in [2.75, 3.05) is 13.7 Å². The predicted molar refractivity (Wildman–Crippen MR) is 163 cm³/mol. The van der Waals surface area contributed by atoms with Gasteiger partial charge in [0, 0.05) is 36.0 Å². The number of carbonyl (C=O) groups is 3. The molecule has 0 bridgehead atoms. The van der Waals surface area contributed by atoms with E-state index >= 15 is 0 Å². The molecule has 0 radical (unpaired) electrons. The maximum Gasteiger partial charge on any atom is 0.183 e. The first kappa shape index (κ1) is 40.5. The zero-order valence-corrected chi connectivity index (χ0v) is 26.8. The summed E-state index contributed by atoms with van der Waals surface area (Å²) in [4.78, 5) is 37.8. The Morgan fingerprint density at radius 2 is 1.33 bits per heavy atom. The second-order valence-electron chi connectivity index (χ2n) is 11.5. The molecule has 2 rings (SSSR count). The van der Waals surface area contributed by atoms with Gasteiger partial charge in [-0.25, -0.2) is 0 Å². The molecule has 1 aliphatic rings. The molecule has 0 aliphatic heterocycles. The molecule has 0 saturated heterocycles. The number of hydrogen-bond donors (Lipinski definition) is 12. The van der Waals surface area contributed by atoms with Crippen molar-refractivity contribution < 1.29 is 70.6 Å². The fourth-order valence-electron chi connectivity index (χ4n) is 4.70. The molecule has 46 heavy (non-hydrogen) atoms. The van der Waals surface area contributed by atoms with Crippen molar-refractivity contribution in [3.63, 3.8) is 0 Å². The Kier molecular flexibility index (Phi) is 14.8. The molecule has 0 aromatic heterocycles. The molecule has 260 valence electrons. The van der Waals surface area contributed by atoms with Gasteiger partial charge >= 0.3 is 0 Å².